The van der Waals surface area contributed by atoms with E-state index in [9.17, 15) is 4.79 Å². The van der Waals surface area contributed by atoms with E-state index < -0.39 is 0 Å². The average molecular weight is 428 g/mol. The Labute approximate surface area is 191 Å². The number of aryl methyl sites for hydroxylation is 1. The molecule has 0 spiro atoms. The van der Waals surface area contributed by atoms with Crippen molar-refractivity contribution in [2.75, 3.05) is 37.4 Å². The van der Waals surface area contributed by atoms with E-state index >= 15 is 0 Å². The number of rotatable bonds is 6. The Bertz CT molecular complexity index is 1110. The van der Waals surface area contributed by atoms with Gasteiger partial charge in [0.25, 0.3) is 0 Å². The maximum atomic E-state index is 13.6. The first-order valence-corrected chi connectivity index (χ1v) is 11.4. The highest BCUT2D eigenvalue weighted by molar-refractivity contribution is 5.98. The molecule has 1 aliphatic rings. The molecule has 4 rings (SSSR count). The van der Waals surface area contributed by atoms with Crippen LogP contribution in [0.2, 0.25) is 0 Å². The van der Waals surface area contributed by atoms with E-state index in [2.05, 4.69) is 91.6 Å². The molecule has 32 heavy (non-hydrogen) atoms. The number of nitrogens with zero attached hydrogens (tertiary/aromatic N) is 2. The summed E-state index contributed by atoms with van der Waals surface area (Å²) < 4.78 is 0. The summed E-state index contributed by atoms with van der Waals surface area (Å²) in [6.07, 6.45) is 1.74. The van der Waals surface area contributed by atoms with Crippen molar-refractivity contribution in [1.29, 1.82) is 0 Å². The van der Waals surface area contributed by atoms with Crippen molar-refractivity contribution in [3.63, 3.8) is 0 Å². The van der Waals surface area contributed by atoms with E-state index in [1.54, 1.807) is 0 Å². The van der Waals surface area contributed by atoms with E-state index in [1.165, 1.54) is 16.8 Å². The van der Waals surface area contributed by atoms with Crippen LogP contribution in [-0.4, -0.2) is 38.0 Å². The molecule has 0 saturated heterocycles. The first-order chi connectivity index (χ1) is 15.5. The summed E-state index contributed by atoms with van der Waals surface area (Å²) in [7, 11) is 4.22. The van der Waals surface area contributed by atoms with Gasteiger partial charge in [-0.1, -0.05) is 48.5 Å². The Morgan fingerprint density at radius 1 is 0.969 bits per heavy atom. The lowest BCUT2D eigenvalue weighted by molar-refractivity contribution is -0.117. The molecule has 1 atom stereocenters. The van der Waals surface area contributed by atoms with E-state index in [1.807, 2.05) is 18.2 Å². The van der Waals surface area contributed by atoms with Gasteiger partial charge in [0, 0.05) is 23.6 Å². The Balaban J connectivity index is 1.72. The van der Waals surface area contributed by atoms with E-state index in [-0.39, 0.29) is 11.8 Å². The summed E-state index contributed by atoms with van der Waals surface area (Å²) in [4.78, 5) is 18.3. The molecule has 0 saturated carbocycles. The molecule has 0 bridgehead atoms. The first-order valence-electron chi connectivity index (χ1n) is 11.4. The zero-order valence-electron chi connectivity index (χ0n) is 19.6. The normalized spacial score (nSPS) is 15.2. The minimum atomic E-state index is -0.244. The second-order valence-corrected chi connectivity index (χ2v) is 8.99. The summed E-state index contributed by atoms with van der Waals surface area (Å²) in [6, 6.07) is 23.0. The zero-order chi connectivity index (χ0) is 22.7. The number of fused-ring (bicyclic) bond motifs is 2. The number of benzene rings is 3. The quantitative estimate of drug-likeness (QED) is 0.550. The lowest BCUT2D eigenvalue weighted by Gasteiger charge is -2.28. The van der Waals surface area contributed by atoms with Gasteiger partial charge in [-0.25, -0.2) is 0 Å². The molecule has 1 N–H and O–H groups in total. The van der Waals surface area contributed by atoms with Gasteiger partial charge in [0.2, 0.25) is 5.91 Å². The number of hydrogen-bond donors (Lipinski definition) is 1. The molecule has 4 nitrogen and oxygen atoms in total. The molecular weight excluding hydrogens is 394 g/mol. The largest absolute Gasteiger partial charge is 0.341 e. The maximum Gasteiger partial charge on any atom is 0.232 e. The molecule has 3 aromatic carbocycles. The predicted octanol–water partition coefficient (Wildman–Crippen LogP) is 5.67. The summed E-state index contributed by atoms with van der Waals surface area (Å²) in [5.74, 6) is -0.192. The molecule has 1 aliphatic heterocycles. The van der Waals surface area contributed by atoms with Gasteiger partial charge in [0.05, 0.1) is 5.92 Å². The number of hydrogen-bond acceptors (Lipinski definition) is 3. The van der Waals surface area contributed by atoms with Crippen LogP contribution in [0, 0.1) is 13.8 Å². The van der Waals surface area contributed by atoms with Crippen molar-refractivity contribution in [1.82, 2.24) is 4.90 Å². The Kier molecular flexibility index (Phi) is 6.61. The highest BCUT2D eigenvalue weighted by Crippen LogP contribution is 2.41. The van der Waals surface area contributed by atoms with Crippen LogP contribution >= 0.6 is 0 Å². The fraction of sp³-hybridized carbons (Fsp3) is 0.321. The SMILES string of the molecule is Cc1cccc(NC(=O)C2Cc3ccccc3N(CCCN(C)C)c3ccccc32)c1C. The number of amides is 1. The summed E-state index contributed by atoms with van der Waals surface area (Å²) in [5.41, 5.74) is 7.85. The molecular formula is C28H33N3O. The van der Waals surface area contributed by atoms with Crippen LogP contribution in [0.5, 0.6) is 0 Å². The number of carbonyl (C=O) groups excluding carboxylic acids is 1. The third-order valence-corrected chi connectivity index (χ3v) is 6.48. The van der Waals surface area contributed by atoms with Gasteiger partial charge in [0.15, 0.2) is 0 Å². The van der Waals surface area contributed by atoms with Crippen molar-refractivity contribution in [2.24, 2.45) is 0 Å². The van der Waals surface area contributed by atoms with Crippen LogP contribution < -0.4 is 10.2 Å². The maximum absolute atomic E-state index is 13.6. The van der Waals surface area contributed by atoms with Crippen LogP contribution in [0.3, 0.4) is 0 Å². The molecule has 0 fully saturated rings. The Morgan fingerprint density at radius 2 is 1.69 bits per heavy atom. The minimum Gasteiger partial charge on any atom is -0.341 e. The van der Waals surface area contributed by atoms with Crippen LogP contribution in [0.4, 0.5) is 17.1 Å². The standard InChI is InChI=1S/C28H33N3O/c1-20-11-9-14-25(21(20)2)29-28(32)24-19-22-12-5-7-15-26(22)31(18-10-17-30(3)4)27-16-8-6-13-23(24)27/h5-9,11-16,24H,10,17-19H2,1-4H3,(H,29,32). The van der Waals surface area contributed by atoms with Gasteiger partial charge >= 0.3 is 0 Å². The Morgan fingerprint density at radius 3 is 2.47 bits per heavy atom. The van der Waals surface area contributed by atoms with Crippen molar-refractivity contribution in [3.05, 3.63) is 89.0 Å². The van der Waals surface area contributed by atoms with Crippen molar-refractivity contribution < 1.29 is 4.79 Å². The fourth-order valence-electron chi connectivity index (χ4n) is 4.56. The van der Waals surface area contributed by atoms with Gasteiger partial charge in [-0.2, -0.15) is 0 Å². The molecule has 166 valence electrons. The highest BCUT2D eigenvalue weighted by Gasteiger charge is 2.31. The summed E-state index contributed by atoms with van der Waals surface area (Å²) in [6.45, 7) is 6.08. The van der Waals surface area contributed by atoms with Gasteiger partial charge in [-0.05, 0) is 87.8 Å². The molecule has 0 radical (unpaired) electrons. The first kappa shape index (κ1) is 22.1. The summed E-state index contributed by atoms with van der Waals surface area (Å²) in [5, 5.41) is 3.23. The summed E-state index contributed by atoms with van der Waals surface area (Å²) >= 11 is 0. The molecule has 1 amide bonds. The van der Waals surface area contributed by atoms with Crippen LogP contribution in [0.15, 0.2) is 66.7 Å². The second kappa shape index (κ2) is 9.58. The van der Waals surface area contributed by atoms with Crippen molar-refractivity contribution in [3.8, 4) is 0 Å². The number of para-hydroxylation sites is 2. The zero-order valence-corrected chi connectivity index (χ0v) is 19.6. The van der Waals surface area contributed by atoms with Crippen molar-refractivity contribution in [2.45, 2.75) is 32.6 Å². The van der Waals surface area contributed by atoms with E-state index in [0.29, 0.717) is 6.42 Å². The molecule has 0 aromatic heterocycles. The highest BCUT2D eigenvalue weighted by atomic mass is 16.1. The number of nitrogens with one attached hydrogen (secondary N) is 1. The monoisotopic (exact) mass is 427 g/mol. The second-order valence-electron chi connectivity index (χ2n) is 8.99. The average Bonchev–Trinajstić information content (AvgIpc) is 2.92. The molecule has 3 aromatic rings. The Hall–Kier alpha value is -3.11. The number of anilines is 3. The third kappa shape index (κ3) is 4.56. The topological polar surface area (TPSA) is 35.6 Å². The predicted molar refractivity (Wildman–Crippen MR) is 134 cm³/mol. The van der Waals surface area contributed by atoms with Crippen LogP contribution in [0.25, 0.3) is 0 Å². The van der Waals surface area contributed by atoms with E-state index in [0.717, 1.165) is 42.0 Å². The van der Waals surface area contributed by atoms with Crippen LogP contribution in [-0.2, 0) is 11.2 Å². The smallest absolute Gasteiger partial charge is 0.232 e. The lowest BCUT2D eigenvalue weighted by Crippen LogP contribution is -2.25. The van der Waals surface area contributed by atoms with Gasteiger partial charge in [-0.15, -0.1) is 0 Å². The van der Waals surface area contributed by atoms with Gasteiger partial charge in [0.1, 0.15) is 0 Å². The number of carbonyl (C=O) groups is 1. The van der Waals surface area contributed by atoms with Gasteiger partial charge in [-0.3, -0.25) is 4.79 Å². The molecule has 4 heteroatoms. The van der Waals surface area contributed by atoms with Crippen LogP contribution in [0.1, 0.15) is 34.6 Å². The molecule has 0 aliphatic carbocycles. The lowest BCUT2D eigenvalue weighted by atomic mass is 9.91. The fourth-order valence-corrected chi connectivity index (χ4v) is 4.56. The van der Waals surface area contributed by atoms with Gasteiger partial charge < -0.3 is 15.1 Å². The van der Waals surface area contributed by atoms with E-state index in [4.69, 9.17) is 0 Å². The molecule has 1 unspecified atom stereocenters. The molecule has 1 heterocycles. The third-order valence-electron chi connectivity index (χ3n) is 6.48. The van der Waals surface area contributed by atoms with Crippen molar-refractivity contribution >= 4 is 23.0 Å². The minimum absolute atomic E-state index is 0.0519.